The zero-order valence-electron chi connectivity index (χ0n) is 61.8. The number of carbonyl (C=O) groups is 8. The second kappa shape index (κ2) is 42.0. The number of amides is 4. The van der Waals surface area contributed by atoms with Gasteiger partial charge in [-0.25, -0.2) is 3.11 Å². The van der Waals surface area contributed by atoms with Gasteiger partial charge in [-0.15, -0.1) is 0 Å². The molecule has 4 amide bonds. The molecule has 3 fully saturated rings. The highest BCUT2D eigenvalue weighted by Crippen LogP contribution is 2.55. The Balaban J connectivity index is 0.000000305. The normalized spacial score (nSPS) is 21.1. The largest absolute Gasteiger partial charge is 0.508 e. The van der Waals surface area contributed by atoms with E-state index in [1.165, 1.54) is 22.9 Å². The number of carbonyl (C=O) groups excluding carboxylic acids is 8. The molecular weight excluding hydrogens is 1610 g/mol. The summed E-state index contributed by atoms with van der Waals surface area (Å²) in [7, 11) is 83.7. The summed E-state index contributed by atoms with van der Waals surface area (Å²) in [5.74, 6) is -12.9. The van der Waals surface area contributed by atoms with Crippen LogP contribution >= 0.6 is 45.5 Å². The molecule has 1 saturated heterocycles. The first-order valence-corrected chi connectivity index (χ1v) is 36.1. The van der Waals surface area contributed by atoms with E-state index < -0.39 is 174 Å². The number of likely N-dealkylation sites (N-methyl/N-ethyl adjacent to an activating group) is 2. The van der Waals surface area contributed by atoms with Crippen LogP contribution in [0.3, 0.4) is 0 Å². The van der Waals surface area contributed by atoms with Crippen LogP contribution in [-0.4, -0.2) is 331 Å². The minimum absolute atomic E-state index is 0.0735. The third kappa shape index (κ3) is 21.2. The number of imide groups is 1. The molecule has 1 heterocycles. The first kappa shape index (κ1) is 96.6. The topological polar surface area (TPSA) is 360 Å². The van der Waals surface area contributed by atoms with Crippen molar-refractivity contribution in [1.29, 1.82) is 0 Å². The number of hydrogen-bond donors (Lipinski definition) is 10. The molecule has 0 spiro atoms. The lowest BCUT2D eigenvalue weighted by Gasteiger charge is -2.50. The van der Waals surface area contributed by atoms with Gasteiger partial charge in [-0.05, 0) is 200 Å². The number of rotatable bonds is 15. The first-order chi connectivity index (χ1) is 51.7. The van der Waals surface area contributed by atoms with Crippen molar-refractivity contribution < 1.29 is 79.2 Å². The van der Waals surface area contributed by atoms with Gasteiger partial charge < -0.3 is 52.3 Å². The lowest BCUT2D eigenvalue weighted by Crippen LogP contribution is -2.69. The highest BCUT2D eigenvalue weighted by atomic mass is 127. The smallest absolute Gasteiger partial charge is 0.255 e. The van der Waals surface area contributed by atoms with Crippen LogP contribution in [0.4, 0.5) is 0 Å². The average molecular weight is 1670 g/mol. The molecule has 111 heavy (non-hydrogen) atoms. The molecule has 6 aliphatic carbocycles. The van der Waals surface area contributed by atoms with Crippen LogP contribution in [0.5, 0.6) is 11.5 Å². The summed E-state index contributed by atoms with van der Waals surface area (Å²) >= 11 is 3.66. The minimum atomic E-state index is -2.62. The SMILES string of the molecule is C=C=C=C=C=C=C=C=C=C=C=C=C.CCc1cc(I)c(O)c2c1C[C@H]1C[C@H]3[C@H](N(C)C)C(=O)C(C(N)=O)=C(O)[C@@]3(O)C(=O)C1=C2O.CCc1ccc(O)c2c1C[C@H]1C[C@H]3[C@H](N(C)C)C(=O)C(C(N)=O)=C(O)[C@@]3(O)C(=O)C1=C2O.O=C1CCC(=O)N1I.[B]B([B])B([B])B(B([B])[B])B([B])[B].[B][B]B(B([B])[B])B(B([B])[B])B([B])[B]. The summed E-state index contributed by atoms with van der Waals surface area (Å²) in [6.45, 7) is 10.4. The molecule has 48 heteroatoms. The fourth-order valence-electron chi connectivity index (χ4n) is 14.5. The quantitative estimate of drug-likeness (QED) is 0.0200. The van der Waals surface area contributed by atoms with Crippen LogP contribution in [0, 0.1) is 27.2 Å². The van der Waals surface area contributed by atoms with Crippen LogP contribution < -0.4 is 11.5 Å². The number of aromatic hydroxyl groups is 2. The van der Waals surface area contributed by atoms with E-state index >= 15 is 0 Å². The average Bonchev–Trinajstić information content (AvgIpc) is 0.858. The van der Waals surface area contributed by atoms with E-state index in [0.717, 1.165) is 14.2 Å². The molecule has 0 aromatic heterocycles. The van der Waals surface area contributed by atoms with Crippen molar-refractivity contribution in [3.63, 3.8) is 0 Å². The molecule has 2 saturated carbocycles. The number of hydrogen-bond acceptors (Lipinski definition) is 18. The molecule has 12 N–H and O–H groups in total. The zero-order chi connectivity index (χ0) is 84.7. The van der Waals surface area contributed by atoms with Crippen molar-refractivity contribution in [3.05, 3.63) is 165 Å². The fraction of sp³-hybridized carbons (Fsp3) is 0.349. The summed E-state index contributed by atoms with van der Waals surface area (Å²) in [5.41, 5.74) is 33.9. The van der Waals surface area contributed by atoms with E-state index in [1.54, 1.807) is 57.1 Å². The molecule has 21 nitrogen and oxygen atoms in total. The summed E-state index contributed by atoms with van der Waals surface area (Å²) in [6.07, 6.45) is -3.24. The van der Waals surface area contributed by atoms with E-state index in [-0.39, 0.29) is 64.8 Å². The van der Waals surface area contributed by atoms with Crippen molar-refractivity contribution in [1.82, 2.24) is 12.9 Å². The number of ketones is 4. The number of primary amides is 2. The van der Waals surface area contributed by atoms with Gasteiger partial charge in [-0.3, -0.25) is 48.2 Å². The van der Waals surface area contributed by atoms with Crippen LogP contribution in [0.2, 0.25) is 0 Å². The maximum atomic E-state index is 13.7. The molecule has 2 aromatic carbocycles. The number of Topliss-reactive ketones (excluding diaryl/α,β-unsaturated/α-hetero) is 4. The molecule has 0 unspecified atom stereocenters. The lowest BCUT2D eigenvalue weighted by atomic mass is 8.50. The molecule has 0 bridgehead atoms. The molecule has 8 atom stereocenters. The number of aryl methyl sites for hydroxylation is 2. The Kier molecular flexibility index (Phi) is 36.5. The van der Waals surface area contributed by atoms with Gasteiger partial charge in [0.2, 0.25) is 23.4 Å². The second-order valence-electron chi connectivity index (χ2n) is 27.0. The van der Waals surface area contributed by atoms with E-state index in [1.807, 2.05) is 42.5 Å². The molecule has 9 rings (SSSR count). The van der Waals surface area contributed by atoms with Gasteiger partial charge in [0.25, 0.3) is 11.8 Å². The van der Waals surface area contributed by atoms with Gasteiger partial charge >= 0.3 is 0 Å². The number of phenols is 2. The Morgan fingerprint density at radius 2 is 0.937 bits per heavy atom. The van der Waals surface area contributed by atoms with Gasteiger partial charge in [0.1, 0.15) is 45.7 Å². The number of nitrogens with zero attached hydrogens (tertiary/aromatic N) is 3. The van der Waals surface area contributed by atoms with Crippen molar-refractivity contribution in [2.24, 2.45) is 35.1 Å². The van der Waals surface area contributed by atoms with Gasteiger partial charge in [-0.1, -0.05) is 31.4 Å². The minimum Gasteiger partial charge on any atom is -0.508 e. The van der Waals surface area contributed by atoms with Crippen LogP contribution in [0.15, 0.2) is 128 Å². The zero-order valence-corrected chi connectivity index (χ0v) is 66.1. The Bertz CT molecular complexity index is 4530. The van der Waals surface area contributed by atoms with E-state index in [2.05, 4.69) is 76.2 Å². The number of nitrogens with two attached hydrogens (primary N) is 2. The summed E-state index contributed by atoms with van der Waals surface area (Å²) in [6, 6.07) is 2.85. The number of aliphatic hydroxyl groups excluding tert-OH is 4. The molecule has 2 aromatic rings. The Hall–Kier alpha value is -6.80. The van der Waals surface area contributed by atoms with Crippen molar-refractivity contribution >= 4 is 283 Å². The van der Waals surface area contributed by atoms with E-state index in [4.69, 9.17) is 120 Å². The number of halogens is 2. The Morgan fingerprint density at radius 3 is 1.22 bits per heavy atom. The van der Waals surface area contributed by atoms with Crippen molar-refractivity contribution in [2.45, 2.75) is 88.5 Å². The molecule has 521 valence electrons. The van der Waals surface area contributed by atoms with Gasteiger partial charge in [-0.2, -0.15) is 0 Å². The maximum absolute atomic E-state index is 13.7. The standard InChI is InChI=1S/C23H25IN2O7.C23H26N2O7.C13H4.C4H4INO2.B13.B12/c1-4-8-7-12(24)17(27)14-10(8)5-9-6-11-16(26(2)3)19(29)15(22(25)32)21(31)23(11,33)20(30)13(9)18(14)28;1-4-9-5-6-13(26)15-11(9)7-10-8-12-17(25(2)3)19(28)16(22(24)31)21(30)23(12,32)20(29)14(10)18(15)27;1-3-5-7-9-11-13-12-10-8-6-4-2;5-6-3(7)1-2-4(6)8;1-8-12(9(2)3)13(10(4)5)11(6)7;1-8(2)11(7)12(9(3)4)10(5)6/h7,9,11,16,27-28,31,33H,4-6H2,1-3H3,(H2,25,32);5-6,10,12,17,26-27,30,32H,4,7-8H2,1-3H3,(H2,24,31);1-2H2;1-2H2;;/t9-,11-,16-,23-;10-,12-,17-,23-;;;;/m00..../s1. The molecular formula is C63H59B25I2N5O16. The third-order valence-corrected chi connectivity index (χ3v) is 21.6. The number of phenolic OH excluding ortho intramolecular Hbond substituents is 2. The Labute approximate surface area is 697 Å². The summed E-state index contributed by atoms with van der Waals surface area (Å²) < 4.78 is 1.64. The van der Waals surface area contributed by atoms with E-state index in [9.17, 15) is 79.2 Å². The highest BCUT2D eigenvalue weighted by Gasteiger charge is 2.66. The fourth-order valence-corrected chi connectivity index (χ4v) is 15.6. The summed E-state index contributed by atoms with van der Waals surface area (Å²) in [4.78, 5) is 101. The van der Waals surface area contributed by atoms with Gasteiger partial charge in [0.15, 0.2) is 22.8 Å². The highest BCUT2D eigenvalue weighted by molar-refractivity contribution is 14.1. The van der Waals surface area contributed by atoms with Gasteiger partial charge in [0, 0.05) is 215 Å². The van der Waals surface area contributed by atoms with Gasteiger partial charge in [0.05, 0.1) is 49.6 Å². The van der Waals surface area contributed by atoms with Crippen molar-refractivity contribution in [2.75, 3.05) is 28.2 Å². The molecule has 29 radical (unpaired) electrons. The third-order valence-electron chi connectivity index (χ3n) is 19.7. The molecule has 1 aliphatic heterocycles. The Morgan fingerprint density at radius 1 is 0.577 bits per heavy atom. The predicted molar refractivity (Wildman–Crippen MR) is 469 cm³/mol. The van der Waals surface area contributed by atoms with E-state index in [0.29, 0.717) is 53.2 Å². The molecule has 7 aliphatic rings. The summed E-state index contributed by atoms with van der Waals surface area (Å²) in [5, 5.41) is 87.9. The van der Waals surface area contributed by atoms with Crippen LogP contribution in [-0.2, 0) is 64.0 Å². The predicted octanol–water partition coefficient (Wildman–Crippen LogP) is -4.87. The first-order valence-electron chi connectivity index (χ1n) is 34.1. The number of benzene rings is 2. The van der Waals surface area contributed by atoms with Crippen molar-refractivity contribution in [3.8, 4) is 11.5 Å². The maximum Gasteiger partial charge on any atom is 0.255 e. The number of aliphatic hydroxyl groups is 6. The van der Waals surface area contributed by atoms with Crippen LogP contribution in [0.1, 0.15) is 72.9 Å². The second-order valence-corrected chi connectivity index (χ2v) is 29.1. The monoisotopic (exact) mass is 1670 g/mol. The van der Waals surface area contributed by atoms with Crippen LogP contribution in [0.25, 0.3) is 11.5 Å². The number of fused-ring (bicyclic) bond motifs is 6. The lowest BCUT2D eigenvalue weighted by molar-refractivity contribution is -0.155.